The second-order valence-corrected chi connectivity index (χ2v) is 4.75. The first-order valence-electron chi connectivity index (χ1n) is 6.88. The van der Waals surface area contributed by atoms with E-state index in [1.165, 1.54) is 24.5 Å². The van der Waals surface area contributed by atoms with E-state index in [1.54, 1.807) is 31.2 Å². The summed E-state index contributed by atoms with van der Waals surface area (Å²) in [5.41, 5.74) is 5.81. The Bertz CT molecular complexity index is 708. The number of amides is 2. The van der Waals surface area contributed by atoms with Crippen molar-refractivity contribution < 1.29 is 19.1 Å². The number of hydrazine groups is 1. The van der Waals surface area contributed by atoms with Crippen LogP contribution in [0.25, 0.3) is 0 Å². The molecule has 0 unspecified atom stereocenters. The fourth-order valence-corrected chi connectivity index (χ4v) is 1.75. The molecule has 7 nitrogen and oxygen atoms in total. The molecular weight excluding hydrogens is 298 g/mol. The lowest BCUT2D eigenvalue weighted by atomic mass is 10.2. The molecule has 0 bridgehead atoms. The highest BCUT2D eigenvalue weighted by Crippen LogP contribution is 2.10. The van der Waals surface area contributed by atoms with E-state index >= 15 is 0 Å². The highest BCUT2D eigenvalue weighted by Gasteiger charge is 2.06. The third-order valence-corrected chi connectivity index (χ3v) is 2.85. The average Bonchev–Trinajstić information content (AvgIpc) is 3.04. The molecule has 1 aromatic carbocycles. The first-order valence-corrected chi connectivity index (χ1v) is 6.88. The maximum absolute atomic E-state index is 11.8. The molecule has 0 atom stereocenters. The van der Waals surface area contributed by atoms with Gasteiger partial charge in [-0.25, -0.2) is 0 Å². The number of hydrogen-bond acceptors (Lipinski definition) is 5. The fourth-order valence-electron chi connectivity index (χ4n) is 1.75. The zero-order valence-corrected chi connectivity index (χ0v) is 12.5. The van der Waals surface area contributed by atoms with Gasteiger partial charge in [0, 0.05) is 17.3 Å². The molecule has 0 aliphatic heterocycles. The van der Waals surface area contributed by atoms with Gasteiger partial charge >= 0.3 is 0 Å². The Labute approximate surface area is 133 Å². The molecule has 0 aliphatic carbocycles. The molecule has 0 saturated carbocycles. The number of hydrogen-bond donors (Lipinski definition) is 4. The number of phenols is 1. The standard InChI is InChI=1S/C16H17N3O4/c1-11(8-15(21)17-10-14-6-3-7-23-14)18-19-16(22)12-4-2-5-13(20)9-12/h2-9,18,20H,10H2,1H3,(H,17,21)(H,19,22)/b11-8+. The second kappa shape index (κ2) is 7.69. The summed E-state index contributed by atoms with van der Waals surface area (Å²) in [5.74, 6) is -0.0978. The van der Waals surface area contributed by atoms with Crippen molar-refractivity contribution in [2.45, 2.75) is 13.5 Å². The van der Waals surface area contributed by atoms with Crippen molar-refractivity contribution in [2.24, 2.45) is 0 Å². The number of benzene rings is 1. The van der Waals surface area contributed by atoms with E-state index in [-0.39, 0.29) is 18.2 Å². The van der Waals surface area contributed by atoms with Gasteiger partial charge in [-0.15, -0.1) is 0 Å². The van der Waals surface area contributed by atoms with Gasteiger partial charge in [-0.1, -0.05) is 6.07 Å². The quantitative estimate of drug-likeness (QED) is 0.477. The molecule has 2 rings (SSSR count). The summed E-state index contributed by atoms with van der Waals surface area (Å²) in [4.78, 5) is 23.5. The van der Waals surface area contributed by atoms with Gasteiger partial charge in [0.05, 0.1) is 12.8 Å². The number of phenolic OH excluding ortho intramolecular Hbond substituents is 1. The van der Waals surface area contributed by atoms with Crippen LogP contribution >= 0.6 is 0 Å². The van der Waals surface area contributed by atoms with Gasteiger partial charge in [0.2, 0.25) is 5.91 Å². The highest BCUT2D eigenvalue weighted by molar-refractivity contribution is 5.94. The van der Waals surface area contributed by atoms with Crippen LogP contribution in [0.1, 0.15) is 23.0 Å². The predicted molar refractivity (Wildman–Crippen MR) is 83.0 cm³/mol. The maximum Gasteiger partial charge on any atom is 0.269 e. The molecule has 1 heterocycles. The summed E-state index contributed by atoms with van der Waals surface area (Å²) in [5, 5.41) is 12.0. The summed E-state index contributed by atoms with van der Waals surface area (Å²) < 4.78 is 5.10. The molecule has 1 aromatic heterocycles. The van der Waals surface area contributed by atoms with Crippen molar-refractivity contribution in [3.63, 3.8) is 0 Å². The Morgan fingerprint density at radius 1 is 1.22 bits per heavy atom. The lowest BCUT2D eigenvalue weighted by Crippen LogP contribution is -2.36. The number of carbonyl (C=O) groups excluding carboxylic acids is 2. The second-order valence-electron chi connectivity index (χ2n) is 4.75. The Morgan fingerprint density at radius 2 is 2.04 bits per heavy atom. The zero-order valence-electron chi connectivity index (χ0n) is 12.5. The van der Waals surface area contributed by atoms with Crippen molar-refractivity contribution in [3.8, 4) is 5.75 Å². The minimum Gasteiger partial charge on any atom is -0.508 e. The number of aromatic hydroxyl groups is 1. The van der Waals surface area contributed by atoms with Crippen molar-refractivity contribution in [2.75, 3.05) is 0 Å². The lowest BCUT2D eigenvalue weighted by Gasteiger charge is -2.09. The Morgan fingerprint density at radius 3 is 2.74 bits per heavy atom. The topological polar surface area (TPSA) is 104 Å². The van der Waals surface area contributed by atoms with Crippen LogP contribution in [0.3, 0.4) is 0 Å². The molecule has 0 radical (unpaired) electrons. The van der Waals surface area contributed by atoms with Gasteiger partial charge < -0.3 is 20.3 Å². The molecule has 23 heavy (non-hydrogen) atoms. The van der Waals surface area contributed by atoms with Crippen LogP contribution in [0.2, 0.25) is 0 Å². The number of furan rings is 1. The van der Waals surface area contributed by atoms with E-state index in [0.29, 0.717) is 17.0 Å². The monoisotopic (exact) mass is 315 g/mol. The van der Waals surface area contributed by atoms with Crippen molar-refractivity contribution in [3.05, 3.63) is 65.8 Å². The van der Waals surface area contributed by atoms with Crippen LogP contribution in [-0.2, 0) is 11.3 Å². The highest BCUT2D eigenvalue weighted by atomic mass is 16.3. The van der Waals surface area contributed by atoms with E-state index in [1.807, 2.05) is 0 Å². The van der Waals surface area contributed by atoms with Gasteiger partial charge in [0.25, 0.3) is 5.91 Å². The van der Waals surface area contributed by atoms with Gasteiger partial charge in [0.1, 0.15) is 11.5 Å². The summed E-state index contributed by atoms with van der Waals surface area (Å²) in [7, 11) is 0. The van der Waals surface area contributed by atoms with E-state index in [9.17, 15) is 14.7 Å². The van der Waals surface area contributed by atoms with Crippen molar-refractivity contribution >= 4 is 11.8 Å². The molecule has 0 spiro atoms. The van der Waals surface area contributed by atoms with Gasteiger partial charge in [0.15, 0.2) is 0 Å². The fraction of sp³-hybridized carbons (Fsp3) is 0.125. The summed E-state index contributed by atoms with van der Waals surface area (Å²) in [6, 6.07) is 9.43. The number of nitrogens with one attached hydrogen (secondary N) is 3. The zero-order chi connectivity index (χ0) is 16.7. The lowest BCUT2D eigenvalue weighted by molar-refractivity contribution is -0.116. The molecule has 2 aromatic rings. The van der Waals surface area contributed by atoms with E-state index < -0.39 is 5.91 Å². The average molecular weight is 315 g/mol. The van der Waals surface area contributed by atoms with Gasteiger partial charge in [-0.05, 0) is 37.3 Å². The smallest absolute Gasteiger partial charge is 0.269 e. The van der Waals surface area contributed by atoms with E-state index in [4.69, 9.17) is 4.42 Å². The molecule has 4 N–H and O–H groups in total. The Balaban J connectivity index is 1.80. The predicted octanol–water partition coefficient (Wildman–Crippen LogP) is 1.44. The van der Waals surface area contributed by atoms with E-state index in [2.05, 4.69) is 16.2 Å². The first-order chi connectivity index (χ1) is 11.0. The minimum absolute atomic E-state index is 0.00205. The molecule has 0 fully saturated rings. The Hall–Kier alpha value is -3.22. The largest absolute Gasteiger partial charge is 0.508 e. The Kier molecular flexibility index (Phi) is 5.40. The van der Waals surface area contributed by atoms with Crippen LogP contribution in [0.5, 0.6) is 5.75 Å². The summed E-state index contributed by atoms with van der Waals surface area (Å²) in [6.07, 6.45) is 2.84. The molecule has 0 aliphatic rings. The van der Waals surface area contributed by atoms with E-state index in [0.717, 1.165) is 0 Å². The van der Waals surface area contributed by atoms with Gasteiger partial charge in [-0.2, -0.15) is 0 Å². The van der Waals surface area contributed by atoms with Crippen LogP contribution in [-0.4, -0.2) is 16.9 Å². The van der Waals surface area contributed by atoms with Crippen molar-refractivity contribution in [1.82, 2.24) is 16.2 Å². The molecular formula is C16H17N3O4. The third-order valence-electron chi connectivity index (χ3n) is 2.85. The van der Waals surface area contributed by atoms with Gasteiger partial charge in [-0.3, -0.25) is 15.0 Å². The summed E-state index contributed by atoms with van der Waals surface area (Å²) >= 11 is 0. The number of allylic oxidation sites excluding steroid dienone is 1. The normalized spacial score (nSPS) is 10.9. The molecule has 2 amide bonds. The van der Waals surface area contributed by atoms with Crippen LogP contribution in [0.4, 0.5) is 0 Å². The van der Waals surface area contributed by atoms with Crippen LogP contribution in [0, 0.1) is 0 Å². The molecule has 120 valence electrons. The van der Waals surface area contributed by atoms with Crippen LogP contribution in [0.15, 0.2) is 58.9 Å². The number of carbonyl (C=O) groups is 2. The summed E-state index contributed by atoms with van der Waals surface area (Å²) in [6.45, 7) is 1.92. The maximum atomic E-state index is 11.8. The molecule has 0 saturated heterocycles. The SMILES string of the molecule is C/C(=C\C(=O)NCc1ccco1)NNC(=O)c1cccc(O)c1. The third kappa shape index (κ3) is 5.24. The molecule has 7 heteroatoms. The minimum atomic E-state index is -0.426. The van der Waals surface area contributed by atoms with Crippen LogP contribution < -0.4 is 16.2 Å². The van der Waals surface area contributed by atoms with Crippen molar-refractivity contribution in [1.29, 1.82) is 0 Å². The number of rotatable bonds is 6. The first kappa shape index (κ1) is 16.2.